The molecule has 0 spiro atoms. The minimum Gasteiger partial charge on any atom is -0.490 e. The van der Waals surface area contributed by atoms with Crippen molar-refractivity contribution in [1.29, 1.82) is 0 Å². The molecule has 0 amide bonds. The van der Waals surface area contributed by atoms with Gasteiger partial charge < -0.3 is 10.1 Å². The van der Waals surface area contributed by atoms with Gasteiger partial charge in [-0.05, 0) is 63.3 Å². The highest BCUT2D eigenvalue weighted by molar-refractivity contribution is 5.40. The molecule has 0 aliphatic heterocycles. The number of hydrogen-bond acceptors (Lipinski definition) is 2. The van der Waals surface area contributed by atoms with E-state index < -0.39 is 0 Å². The molecule has 2 rings (SSSR count). The molecule has 3 heteroatoms. The smallest absolute Gasteiger partial charge is 0.126 e. The fourth-order valence-electron chi connectivity index (χ4n) is 3.15. The molecular weight excluding hydrogens is 265 g/mol. The number of halogens is 1. The zero-order chi connectivity index (χ0) is 15.4. The van der Waals surface area contributed by atoms with Crippen molar-refractivity contribution in [3.8, 4) is 5.75 Å². The van der Waals surface area contributed by atoms with Crippen molar-refractivity contribution in [2.24, 2.45) is 5.92 Å². The van der Waals surface area contributed by atoms with Crippen LogP contribution in [0.15, 0.2) is 12.1 Å². The van der Waals surface area contributed by atoms with E-state index >= 15 is 0 Å². The van der Waals surface area contributed by atoms with Crippen LogP contribution in [0.3, 0.4) is 0 Å². The molecule has 1 aliphatic carbocycles. The summed E-state index contributed by atoms with van der Waals surface area (Å²) in [5.74, 6) is 1.27. The molecule has 1 N–H and O–H groups in total. The van der Waals surface area contributed by atoms with Gasteiger partial charge in [-0.3, -0.25) is 0 Å². The van der Waals surface area contributed by atoms with Crippen molar-refractivity contribution in [1.82, 2.24) is 5.32 Å². The lowest BCUT2D eigenvalue weighted by Gasteiger charge is -2.31. The maximum Gasteiger partial charge on any atom is 0.126 e. The first-order chi connectivity index (χ1) is 10.0. The van der Waals surface area contributed by atoms with E-state index in [1.54, 1.807) is 13.0 Å². The molecule has 0 bridgehead atoms. The summed E-state index contributed by atoms with van der Waals surface area (Å²) in [4.78, 5) is 0. The van der Waals surface area contributed by atoms with Crippen molar-refractivity contribution in [3.05, 3.63) is 29.1 Å². The van der Waals surface area contributed by atoms with Gasteiger partial charge in [0.25, 0.3) is 0 Å². The fourth-order valence-corrected chi connectivity index (χ4v) is 3.15. The summed E-state index contributed by atoms with van der Waals surface area (Å²) in [6.07, 6.45) is 5.11. The lowest BCUT2D eigenvalue weighted by molar-refractivity contribution is 0.101. The largest absolute Gasteiger partial charge is 0.490 e. The van der Waals surface area contributed by atoms with Crippen LogP contribution in [0.2, 0.25) is 0 Å². The number of rotatable bonds is 5. The monoisotopic (exact) mass is 293 g/mol. The highest BCUT2D eigenvalue weighted by Gasteiger charge is 2.25. The zero-order valence-corrected chi connectivity index (χ0v) is 13.7. The Morgan fingerprint density at radius 1 is 1.33 bits per heavy atom. The third-order valence-electron chi connectivity index (χ3n) is 4.58. The first-order valence-electron chi connectivity index (χ1n) is 8.23. The van der Waals surface area contributed by atoms with Crippen LogP contribution in [0.4, 0.5) is 4.39 Å². The standard InChI is InChI=1S/C18H28FNO/c1-5-20-14(4)15-11-16(19)13(3)10-18(15)21-17-9-7-6-8-12(17)2/h10-12,14,17,20H,5-9H2,1-4H3. The van der Waals surface area contributed by atoms with Crippen molar-refractivity contribution in [2.75, 3.05) is 6.54 Å². The molecule has 21 heavy (non-hydrogen) atoms. The van der Waals surface area contributed by atoms with E-state index in [1.807, 2.05) is 6.07 Å². The summed E-state index contributed by atoms with van der Waals surface area (Å²) in [6, 6.07) is 3.59. The van der Waals surface area contributed by atoms with E-state index in [-0.39, 0.29) is 18.0 Å². The van der Waals surface area contributed by atoms with E-state index in [1.165, 1.54) is 19.3 Å². The average molecular weight is 293 g/mol. The van der Waals surface area contributed by atoms with Gasteiger partial charge in [0.15, 0.2) is 0 Å². The van der Waals surface area contributed by atoms with E-state index in [9.17, 15) is 4.39 Å². The average Bonchev–Trinajstić information content (AvgIpc) is 2.45. The molecule has 1 aliphatic rings. The maximum atomic E-state index is 13.9. The zero-order valence-electron chi connectivity index (χ0n) is 13.7. The predicted molar refractivity (Wildman–Crippen MR) is 85.3 cm³/mol. The Morgan fingerprint density at radius 3 is 2.71 bits per heavy atom. The van der Waals surface area contributed by atoms with Crippen LogP contribution in [-0.2, 0) is 0 Å². The summed E-state index contributed by atoms with van der Waals surface area (Å²) < 4.78 is 20.2. The van der Waals surface area contributed by atoms with Gasteiger partial charge in [0, 0.05) is 11.6 Å². The van der Waals surface area contributed by atoms with Gasteiger partial charge >= 0.3 is 0 Å². The Kier molecular flexibility index (Phi) is 5.63. The minimum atomic E-state index is -0.154. The second kappa shape index (κ2) is 7.26. The predicted octanol–water partition coefficient (Wildman–Crippen LogP) is 4.76. The lowest BCUT2D eigenvalue weighted by atomic mass is 9.88. The van der Waals surface area contributed by atoms with Gasteiger partial charge in [0.1, 0.15) is 17.7 Å². The Morgan fingerprint density at radius 2 is 2.05 bits per heavy atom. The van der Waals surface area contributed by atoms with Crippen LogP contribution in [0, 0.1) is 18.7 Å². The molecule has 0 heterocycles. The Hall–Kier alpha value is -1.09. The lowest BCUT2D eigenvalue weighted by Crippen LogP contribution is -2.29. The third-order valence-corrected chi connectivity index (χ3v) is 4.58. The number of nitrogens with one attached hydrogen (secondary N) is 1. The van der Waals surface area contributed by atoms with Crippen LogP contribution in [0.1, 0.15) is 63.6 Å². The molecule has 0 saturated heterocycles. The number of ether oxygens (including phenoxy) is 1. The maximum absolute atomic E-state index is 13.9. The van der Waals surface area contributed by atoms with E-state index in [0.29, 0.717) is 11.5 Å². The van der Waals surface area contributed by atoms with Crippen LogP contribution in [0.5, 0.6) is 5.75 Å². The number of aryl methyl sites for hydroxylation is 1. The molecule has 3 unspecified atom stereocenters. The van der Waals surface area contributed by atoms with Crippen LogP contribution in [0.25, 0.3) is 0 Å². The van der Waals surface area contributed by atoms with Gasteiger partial charge in [-0.1, -0.05) is 20.3 Å². The summed E-state index contributed by atoms with van der Waals surface area (Å²) >= 11 is 0. The third kappa shape index (κ3) is 3.97. The van der Waals surface area contributed by atoms with Crippen LogP contribution in [-0.4, -0.2) is 12.6 Å². The van der Waals surface area contributed by atoms with Gasteiger partial charge in [-0.2, -0.15) is 0 Å². The molecule has 0 radical (unpaired) electrons. The summed E-state index contributed by atoms with van der Waals surface area (Å²) in [7, 11) is 0. The van der Waals surface area contributed by atoms with E-state index in [2.05, 4.69) is 26.1 Å². The first-order valence-corrected chi connectivity index (χ1v) is 8.23. The van der Waals surface area contributed by atoms with Gasteiger partial charge in [-0.15, -0.1) is 0 Å². The SMILES string of the molecule is CCNC(C)c1cc(F)c(C)cc1OC1CCCCC1C. The summed E-state index contributed by atoms with van der Waals surface area (Å²) in [5.41, 5.74) is 1.58. The summed E-state index contributed by atoms with van der Waals surface area (Å²) in [5, 5.41) is 3.35. The fraction of sp³-hybridized carbons (Fsp3) is 0.667. The van der Waals surface area contributed by atoms with Gasteiger partial charge in [0.05, 0.1) is 0 Å². The first kappa shape index (κ1) is 16.3. The molecule has 118 valence electrons. The van der Waals surface area contributed by atoms with Gasteiger partial charge in [-0.25, -0.2) is 4.39 Å². The van der Waals surface area contributed by atoms with Crippen molar-refractivity contribution in [3.63, 3.8) is 0 Å². The topological polar surface area (TPSA) is 21.3 Å². The number of benzene rings is 1. The second-order valence-corrected chi connectivity index (χ2v) is 6.34. The molecular formula is C18H28FNO. The van der Waals surface area contributed by atoms with E-state index in [4.69, 9.17) is 4.74 Å². The van der Waals surface area contributed by atoms with Crippen molar-refractivity contribution >= 4 is 0 Å². The molecule has 2 nitrogen and oxygen atoms in total. The molecule has 1 fully saturated rings. The highest BCUT2D eigenvalue weighted by atomic mass is 19.1. The van der Waals surface area contributed by atoms with Crippen molar-refractivity contribution < 1.29 is 9.13 Å². The second-order valence-electron chi connectivity index (χ2n) is 6.34. The molecule has 3 atom stereocenters. The molecule has 1 aromatic carbocycles. The Bertz CT molecular complexity index is 475. The Balaban J connectivity index is 2.25. The molecule has 0 aromatic heterocycles. The minimum absolute atomic E-state index is 0.0963. The highest BCUT2D eigenvalue weighted by Crippen LogP contribution is 2.33. The van der Waals surface area contributed by atoms with Gasteiger partial charge in [0.2, 0.25) is 0 Å². The van der Waals surface area contributed by atoms with Crippen LogP contribution >= 0.6 is 0 Å². The van der Waals surface area contributed by atoms with Crippen molar-refractivity contribution in [2.45, 2.75) is 65.5 Å². The summed E-state index contributed by atoms with van der Waals surface area (Å²) in [6.45, 7) is 9.03. The van der Waals surface area contributed by atoms with Crippen LogP contribution < -0.4 is 10.1 Å². The number of hydrogen-bond donors (Lipinski definition) is 1. The van der Waals surface area contributed by atoms with E-state index in [0.717, 1.165) is 24.3 Å². The molecule has 1 saturated carbocycles. The quantitative estimate of drug-likeness (QED) is 0.845. The molecule has 1 aromatic rings. The Labute approximate surface area is 128 Å². The normalized spacial score (nSPS) is 23.9.